The van der Waals surface area contributed by atoms with E-state index in [2.05, 4.69) is 6.58 Å². The smallest absolute Gasteiger partial charge is 0.392 e. The van der Waals surface area contributed by atoms with Gasteiger partial charge in [-0.2, -0.15) is 39.1 Å². The number of ketones is 2. The molecule has 1 saturated heterocycles. The maximum Gasteiger partial charge on any atom is 0.439 e. The Morgan fingerprint density at radius 3 is 1.81 bits per heavy atom. The summed E-state index contributed by atoms with van der Waals surface area (Å²) < 4.78 is 134. The molecule has 0 aromatic rings. The number of sulfonamides is 1. The van der Waals surface area contributed by atoms with E-state index in [0.717, 1.165) is 0 Å². The van der Waals surface area contributed by atoms with Gasteiger partial charge in [-0.05, 0) is 12.8 Å². The molecular formula is C14H17F6NO8S2. The number of aliphatic hydroxyl groups excluding tert-OH is 1. The van der Waals surface area contributed by atoms with Crippen LogP contribution in [0.5, 0.6) is 0 Å². The minimum atomic E-state index is -7.12. The molecule has 31 heavy (non-hydrogen) atoms. The zero-order valence-corrected chi connectivity index (χ0v) is 17.0. The molecule has 9 nitrogen and oxygen atoms in total. The number of carbonyl (C=O) groups excluding carboxylic acids is 2. The van der Waals surface area contributed by atoms with Gasteiger partial charge in [0.1, 0.15) is 5.78 Å². The van der Waals surface area contributed by atoms with E-state index in [9.17, 15) is 52.8 Å². The molecule has 2 N–H and O–H groups in total. The Morgan fingerprint density at radius 2 is 1.42 bits per heavy atom. The van der Waals surface area contributed by atoms with Crippen molar-refractivity contribution in [2.24, 2.45) is 5.92 Å². The van der Waals surface area contributed by atoms with Gasteiger partial charge in [0.15, 0.2) is 5.78 Å². The molecule has 1 heterocycles. The predicted octanol–water partition coefficient (Wildman–Crippen LogP) is 0.814. The fourth-order valence-electron chi connectivity index (χ4n) is 2.59. The minimum Gasteiger partial charge on any atom is -0.392 e. The van der Waals surface area contributed by atoms with Crippen molar-refractivity contribution in [2.45, 2.75) is 35.7 Å². The van der Waals surface area contributed by atoms with Crippen molar-refractivity contribution in [2.75, 3.05) is 19.7 Å². The summed E-state index contributed by atoms with van der Waals surface area (Å²) in [6.45, 7) is 0.445. The van der Waals surface area contributed by atoms with Crippen LogP contribution in [0.3, 0.4) is 0 Å². The number of hydrogen-bond donors (Lipinski definition) is 2. The molecule has 17 heteroatoms. The molecule has 0 radical (unpaired) electrons. The molecule has 0 aliphatic carbocycles. The van der Waals surface area contributed by atoms with Crippen LogP contribution in [0.25, 0.3) is 0 Å². The third kappa shape index (κ3) is 4.79. The largest absolute Gasteiger partial charge is 0.439 e. The second-order valence-corrected chi connectivity index (χ2v) is 10.0. The number of nitrogens with zero attached hydrogens (tertiary/aromatic N) is 1. The minimum absolute atomic E-state index is 0.296. The zero-order chi connectivity index (χ0) is 24.6. The van der Waals surface area contributed by atoms with Crippen molar-refractivity contribution in [1.29, 1.82) is 0 Å². The second-order valence-electron chi connectivity index (χ2n) is 6.59. The van der Waals surface area contributed by atoms with Crippen molar-refractivity contribution < 1.29 is 62.4 Å². The van der Waals surface area contributed by atoms with E-state index in [0.29, 0.717) is 0 Å². The van der Waals surface area contributed by atoms with Crippen molar-refractivity contribution in [3.8, 4) is 0 Å². The SMILES string of the molecule is C=C(CO)C(=O)CC(=O)C1CCN(S(=O)(=O)C(F)(F)C(F)(F)C(F)(F)S(=O)(=O)O)CC1. The maximum absolute atomic E-state index is 14.0. The molecule has 0 atom stereocenters. The molecule has 0 unspecified atom stereocenters. The monoisotopic (exact) mass is 505 g/mol. The van der Waals surface area contributed by atoms with Crippen LogP contribution in [0, 0.1) is 5.92 Å². The van der Waals surface area contributed by atoms with E-state index in [1.807, 2.05) is 0 Å². The van der Waals surface area contributed by atoms with E-state index in [-0.39, 0.29) is 9.88 Å². The standard InChI is InChI=1S/C14H17F6NO8S2/c1-8(7-22)10(23)6-11(24)9-2-4-21(5-3-9)30(25,26)13(17,18)12(15,16)14(19,20)31(27,28)29/h9,22H,1-7H2,(H,27,28,29). The molecule has 0 saturated carbocycles. The van der Waals surface area contributed by atoms with Gasteiger partial charge in [0.05, 0.1) is 13.0 Å². The van der Waals surface area contributed by atoms with E-state index in [4.69, 9.17) is 9.66 Å². The number of carbonyl (C=O) groups is 2. The van der Waals surface area contributed by atoms with Crippen LogP contribution >= 0.6 is 0 Å². The van der Waals surface area contributed by atoms with Gasteiger partial charge in [0, 0.05) is 24.6 Å². The molecule has 0 aromatic carbocycles. The molecule has 180 valence electrons. The van der Waals surface area contributed by atoms with Gasteiger partial charge in [0.2, 0.25) is 0 Å². The second kappa shape index (κ2) is 8.76. The average molecular weight is 505 g/mol. The van der Waals surface area contributed by atoms with Gasteiger partial charge in [-0.15, -0.1) is 0 Å². The molecule has 1 fully saturated rings. The van der Waals surface area contributed by atoms with Crippen molar-refractivity contribution in [3.63, 3.8) is 0 Å². The third-order valence-corrected chi connectivity index (χ3v) is 7.40. The lowest BCUT2D eigenvalue weighted by molar-refractivity contribution is -0.247. The highest BCUT2D eigenvalue weighted by molar-refractivity contribution is 7.90. The highest BCUT2D eigenvalue weighted by Crippen LogP contribution is 2.51. The highest BCUT2D eigenvalue weighted by atomic mass is 32.2. The lowest BCUT2D eigenvalue weighted by atomic mass is 9.90. The van der Waals surface area contributed by atoms with E-state index in [1.54, 1.807) is 0 Å². The van der Waals surface area contributed by atoms with E-state index >= 15 is 0 Å². The van der Waals surface area contributed by atoms with Gasteiger partial charge in [-0.3, -0.25) is 14.1 Å². The summed E-state index contributed by atoms with van der Waals surface area (Å²) in [5.41, 5.74) is -0.296. The number of Topliss-reactive ketones (excluding diaryl/α,β-unsaturated/α-hetero) is 2. The summed E-state index contributed by atoms with van der Waals surface area (Å²) in [7, 11) is -13.7. The molecule has 0 bridgehead atoms. The number of halogens is 6. The topological polar surface area (TPSA) is 146 Å². The van der Waals surface area contributed by atoms with E-state index in [1.165, 1.54) is 0 Å². The summed E-state index contributed by atoms with van der Waals surface area (Å²) in [6, 6.07) is 0. The molecule has 1 aliphatic rings. The first-order valence-electron chi connectivity index (χ1n) is 8.20. The first kappa shape index (κ1) is 27.5. The van der Waals surface area contributed by atoms with Gasteiger partial charge in [-0.25, -0.2) is 8.42 Å². The van der Waals surface area contributed by atoms with Crippen LogP contribution in [-0.4, -0.2) is 78.5 Å². The number of piperidine rings is 1. The fourth-order valence-corrected chi connectivity index (χ4v) is 4.57. The Labute approximate surface area is 172 Å². The quantitative estimate of drug-likeness (QED) is 0.192. The highest BCUT2D eigenvalue weighted by Gasteiger charge is 2.82. The van der Waals surface area contributed by atoms with Crippen LogP contribution in [0.2, 0.25) is 0 Å². The summed E-state index contributed by atoms with van der Waals surface area (Å²) in [6.07, 6.45) is -1.81. The Balaban J connectivity index is 3.04. The van der Waals surface area contributed by atoms with Crippen LogP contribution in [0.4, 0.5) is 26.3 Å². The van der Waals surface area contributed by atoms with Crippen LogP contribution in [-0.2, 0) is 29.7 Å². The number of aliphatic hydroxyl groups is 1. The van der Waals surface area contributed by atoms with Crippen molar-refractivity contribution >= 4 is 31.7 Å². The normalized spacial score (nSPS) is 18.1. The van der Waals surface area contributed by atoms with Gasteiger partial charge in [-0.1, -0.05) is 6.58 Å². The molecule has 1 aliphatic heterocycles. The van der Waals surface area contributed by atoms with Crippen molar-refractivity contribution in [3.05, 3.63) is 12.2 Å². The summed E-state index contributed by atoms with van der Waals surface area (Å²) in [5.74, 6) is -9.71. The first-order valence-corrected chi connectivity index (χ1v) is 11.1. The summed E-state index contributed by atoms with van der Waals surface area (Å²) >= 11 is 0. The van der Waals surface area contributed by atoms with Gasteiger partial charge >= 0.3 is 26.5 Å². The predicted molar refractivity (Wildman–Crippen MR) is 90.5 cm³/mol. The number of alkyl halides is 6. The molecular weight excluding hydrogens is 488 g/mol. The Hall–Kier alpha value is -1.56. The molecule has 0 aromatic heterocycles. The molecule has 0 amide bonds. The molecule has 1 rings (SSSR count). The van der Waals surface area contributed by atoms with Crippen LogP contribution in [0.15, 0.2) is 12.2 Å². The lowest BCUT2D eigenvalue weighted by Gasteiger charge is -2.36. The van der Waals surface area contributed by atoms with Crippen LogP contribution in [0.1, 0.15) is 19.3 Å². The number of rotatable bonds is 10. The fraction of sp³-hybridized carbons (Fsp3) is 0.714. The molecule has 0 spiro atoms. The Morgan fingerprint density at radius 1 is 0.968 bits per heavy atom. The Bertz CT molecular complexity index is 955. The maximum atomic E-state index is 14.0. The number of hydrogen-bond acceptors (Lipinski definition) is 7. The van der Waals surface area contributed by atoms with Gasteiger partial charge in [0.25, 0.3) is 10.0 Å². The summed E-state index contributed by atoms with van der Waals surface area (Å²) in [5, 5.41) is -4.72. The zero-order valence-electron chi connectivity index (χ0n) is 15.4. The first-order chi connectivity index (χ1) is 13.8. The van der Waals surface area contributed by atoms with Crippen LogP contribution < -0.4 is 0 Å². The lowest BCUT2D eigenvalue weighted by Crippen LogP contribution is -2.63. The average Bonchev–Trinajstić information content (AvgIpc) is 2.65. The Kier molecular flexibility index (Phi) is 7.76. The summed E-state index contributed by atoms with van der Waals surface area (Å²) in [4.78, 5) is 23.6. The third-order valence-electron chi connectivity index (χ3n) is 4.55. The van der Waals surface area contributed by atoms with Gasteiger partial charge < -0.3 is 5.11 Å². The van der Waals surface area contributed by atoms with E-state index < -0.39 is 93.0 Å². The van der Waals surface area contributed by atoms with Crippen molar-refractivity contribution in [1.82, 2.24) is 4.31 Å².